The van der Waals surface area contributed by atoms with Crippen LogP contribution in [0.1, 0.15) is 12.5 Å². The lowest BCUT2D eigenvalue weighted by Crippen LogP contribution is -2.25. The summed E-state index contributed by atoms with van der Waals surface area (Å²) < 4.78 is 4.39. The summed E-state index contributed by atoms with van der Waals surface area (Å²) in [5, 5.41) is 0. The highest BCUT2D eigenvalue weighted by atomic mass is 15.2. The minimum absolute atomic E-state index is 0.573. The quantitative estimate of drug-likeness (QED) is 0.638. The Hall–Kier alpha value is -1.97. The van der Waals surface area contributed by atoms with Gasteiger partial charge < -0.3 is 10.6 Å². The van der Waals surface area contributed by atoms with Crippen LogP contribution in [0.2, 0.25) is 0 Å². The third kappa shape index (κ3) is 2.06. The van der Waals surface area contributed by atoms with E-state index in [0.717, 1.165) is 18.8 Å². The lowest BCUT2D eigenvalue weighted by atomic mass is 10.2. The molecule has 1 fully saturated rings. The van der Waals surface area contributed by atoms with Crippen LogP contribution in [-0.4, -0.2) is 17.7 Å². The van der Waals surface area contributed by atoms with Crippen molar-refractivity contribution in [1.29, 1.82) is 0 Å². The van der Waals surface area contributed by atoms with Crippen LogP contribution in [0.25, 0.3) is 0 Å². The molecule has 1 aliphatic heterocycles. The Morgan fingerprint density at radius 1 is 1.28 bits per heavy atom. The van der Waals surface area contributed by atoms with Crippen molar-refractivity contribution in [2.45, 2.75) is 12.5 Å². The Morgan fingerprint density at radius 3 is 2.72 bits per heavy atom. The zero-order chi connectivity index (χ0) is 12.5. The summed E-state index contributed by atoms with van der Waals surface area (Å²) in [6, 6.07) is 8.72. The summed E-state index contributed by atoms with van der Waals surface area (Å²) in [5.74, 6) is 0. The number of rotatable bonds is 2. The normalized spacial score (nSPS) is 19.4. The van der Waals surface area contributed by atoms with E-state index in [9.17, 15) is 0 Å². The predicted molar refractivity (Wildman–Crippen MR) is 72.3 cm³/mol. The van der Waals surface area contributed by atoms with Gasteiger partial charge in [-0.15, -0.1) is 0 Å². The van der Waals surface area contributed by atoms with Gasteiger partial charge in [0.15, 0.2) is 0 Å². The molecule has 1 unspecified atom stereocenters. The molecule has 0 aliphatic carbocycles. The van der Waals surface area contributed by atoms with Gasteiger partial charge in [-0.25, -0.2) is 9.13 Å². The van der Waals surface area contributed by atoms with E-state index in [4.69, 9.17) is 5.73 Å². The van der Waals surface area contributed by atoms with E-state index in [1.54, 1.807) is 0 Å². The van der Waals surface area contributed by atoms with Gasteiger partial charge in [-0.3, -0.25) is 0 Å². The molecule has 0 saturated carbocycles. The number of aryl methyl sites for hydroxylation is 1. The molecule has 0 spiro atoms. The Balaban J connectivity index is 1.73. The second-order valence-electron chi connectivity index (χ2n) is 5.01. The number of hydrogen-bond donors (Lipinski definition) is 1. The molecular formula is C14H19N4+. The SMILES string of the molecule is C[n+]1ccn(C2CCN(c3ccc(N)cc3)C2)c1. The molecule has 4 heteroatoms. The van der Waals surface area contributed by atoms with Gasteiger partial charge in [0.1, 0.15) is 18.4 Å². The number of nitrogen functional groups attached to an aromatic ring is 1. The molecule has 0 radical (unpaired) electrons. The number of nitrogens with two attached hydrogens (primary N) is 1. The van der Waals surface area contributed by atoms with Crippen molar-refractivity contribution in [3.8, 4) is 0 Å². The number of imidazole rings is 1. The fourth-order valence-corrected chi connectivity index (χ4v) is 2.59. The first-order valence-electron chi connectivity index (χ1n) is 6.35. The van der Waals surface area contributed by atoms with E-state index in [0.29, 0.717) is 6.04 Å². The third-order valence-electron chi connectivity index (χ3n) is 3.63. The number of nitrogens with zero attached hydrogens (tertiary/aromatic N) is 3. The Labute approximate surface area is 107 Å². The highest BCUT2D eigenvalue weighted by Gasteiger charge is 2.27. The molecule has 3 rings (SSSR count). The maximum Gasteiger partial charge on any atom is 0.243 e. The Bertz CT molecular complexity index is 529. The van der Waals surface area contributed by atoms with Crippen LogP contribution < -0.4 is 15.2 Å². The van der Waals surface area contributed by atoms with Gasteiger partial charge in [-0.05, 0) is 24.3 Å². The minimum atomic E-state index is 0.573. The highest BCUT2D eigenvalue weighted by molar-refractivity contribution is 5.53. The number of hydrogen-bond acceptors (Lipinski definition) is 2. The van der Waals surface area contributed by atoms with Crippen molar-refractivity contribution in [3.05, 3.63) is 43.0 Å². The smallest absolute Gasteiger partial charge is 0.243 e. The van der Waals surface area contributed by atoms with E-state index in [1.165, 1.54) is 12.1 Å². The Kier molecular flexibility index (Phi) is 2.70. The maximum atomic E-state index is 5.72. The number of anilines is 2. The van der Waals surface area contributed by atoms with Crippen LogP contribution in [0.4, 0.5) is 11.4 Å². The fourth-order valence-electron chi connectivity index (χ4n) is 2.59. The van der Waals surface area contributed by atoms with Crippen LogP contribution in [-0.2, 0) is 7.05 Å². The van der Waals surface area contributed by atoms with Crippen LogP contribution in [0.5, 0.6) is 0 Å². The van der Waals surface area contributed by atoms with Crippen molar-refractivity contribution < 1.29 is 4.57 Å². The van der Waals surface area contributed by atoms with Gasteiger partial charge >= 0.3 is 0 Å². The van der Waals surface area contributed by atoms with Gasteiger partial charge in [0.2, 0.25) is 6.33 Å². The summed E-state index contributed by atoms with van der Waals surface area (Å²) in [4.78, 5) is 2.42. The van der Waals surface area contributed by atoms with Crippen LogP contribution in [0.3, 0.4) is 0 Å². The molecule has 2 heterocycles. The average molecular weight is 243 g/mol. The molecule has 2 aromatic rings. The summed E-state index contributed by atoms with van der Waals surface area (Å²) in [6.45, 7) is 2.18. The maximum absolute atomic E-state index is 5.72. The molecule has 1 saturated heterocycles. The Morgan fingerprint density at radius 2 is 2.06 bits per heavy atom. The molecule has 1 atom stereocenters. The first-order valence-corrected chi connectivity index (χ1v) is 6.35. The van der Waals surface area contributed by atoms with E-state index < -0.39 is 0 Å². The average Bonchev–Trinajstić information content (AvgIpc) is 2.98. The fraction of sp³-hybridized carbons (Fsp3) is 0.357. The zero-order valence-electron chi connectivity index (χ0n) is 10.7. The summed E-state index contributed by atoms with van der Waals surface area (Å²) in [5.41, 5.74) is 7.81. The van der Waals surface area contributed by atoms with Crippen molar-refractivity contribution in [2.75, 3.05) is 23.7 Å². The summed E-state index contributed by atoms with van der Waals surface area (Å²) in [6.07, 6.45) is 7.58. The van der Waals surface area contributed by atoms with Crippen molar-refractivity contribution in [3.63, 3.8) is 0 Å². The standard InChI is InChI=1S/C14H19N4/c1-16-8-9-18(11-16)14-6-7-17(10-14)13-4-2-12(15)3-5-13/h2-5,8-9,11,14H,6-7,10,15H2,1H3/q+1. The molecule has 94 valence electrons. The predicted octanol–water partition coefficient (Wildman–Crippen LogP) is 1.35. The highest BCUT2D eigenvalue weighted by Crippen LogP contribution is 2.26. The zero-order valence-corrected chi connectivity index (χ0v) is 10.7. The molecule has 0 bridgehead atoms. The lowest BCUT2D eigenvalue weighted by molar-refractivity contribution is -0.671. The monoisotopic (exact) mass is 243 g/mol. The van der Waals surface area contributed by atoms with Crippen LogP contribution in [0, 0.1) is 0 Å². The van der Waals surface area contributed by atoms with Gasteiger partial charge in [0.05, 0.1) is 13.6 Å². The van der Waals surface area contributed by atoms with Gasteiger partial charge in [-0.2, -0.15) is 0 Å². The van der Waals surface area contributed by atoms with E-state index in [2.05, 4.69) is 51.9 Å². The van der Waals surface area contributed by atoms with Crippen molar-refractivity contribution >= 4 is 11.4 Å². The first kappa shape index (κ1) is 11.1. The van der Waals surface area contributed by atoms with Gasteiger partial charge in [-0.1, -0.05) is 0 Å². The molecule has 1 aliphatic rings. The number of aromatic nitrogens is 2. The second kappa shape index (κ2) is 4.37. The van der Waals surface area contributed by atoms with E-state index in [1.807, 2.05) is 12.1 Å². The van der Waals surface area contributed by atoms with Crippen LogP contribution >= 0.6 is 0 Å². The van der Waals surface area contributed by atoms with Gasteiger partial charge in [0.25, 0.3) is 0 Å². The summed E-state index contributed by atoms with van der Waals surface area (Å²) >= 11 is 0. The topological polar surface area (TPSA) is 38.1 Å². The minimum Gasteiger partial charge on any atom is -0.399 e. The molecule has 1 aromatic heterocycles. The molecule has 0 amide bonds. The summed E-state index contributed by atoms with van der Waals surface area (Å²) in [7, 11) is 2.06. The van der Waals surface area contributed by atoms with Crippen molar-refractivity contribution in [2.24, 2.45) is 7.05 Å². The first-order chi connectivity index (χ1) is 8.72. The number of benzene rings is 1. The van der Waals surface area contributed by atoms with E-state index >= 15 is 0 Å². The third-order valence-corrected chi connectivity index (χ3v) is 3.63. The lowest BCUT2D eigenvalue weighted by Gasteiger charge is -2.17. The molecule has 1 aromatic carbocycles. The second-order valence-corrected chi connectivity index (χ2v) is 5.01. The molecular weight excluding hydrogens is 224 g/mol. The molecule has 4 nitrogen and oxygen atoms in total. The largest absolute Gasteiger partial charge is 0.399 e. The molecule has 2 N–H and O–H groups in total. The van der Waals surface area contributed by atoms with Gasteiger partial charge in [0, 0.05) is 24.3 Å². The van der Waals surface area contributed by atoms with Crippen LogP contribution in [0.15, 0.2) is 43.0 Å². The van der Waals surface area contributed by atoms with Crippen molar-refractivity contribution in [1.82, 2.24) is 4.57 Å². The molecule has 18 heavy (non-hydrogen) atoms. The van der Waals surface area contributed by atoms with E-state index in [-0.39, 0.29) is 0 Å².